The zero-order valence-corrected chi connectivity index (χ0v) is 39.6. The van der Waals surface area contributed by atoms with Gasteiger partial charge in [0.15, 0.2) is 17.1 Å². The molecule has 33 heteroatoms. The molecule has 2 aromatic heterocycles. The number of rotatable bonds is 31. The number of carbonyl (C=O) groups is 11. The van der Waals surface area contributed by atoms with Crippen LogP contribution < -0.4 is 60.0 Å². The fourth-order valence-electron chi connectivity index (χ4n) is 6.38. The lowest BCUT2D eigenvalue weighted by molar-refractivity contribution is -0.143. The second-order valence-electron chi connectivity index (χ2n) is 15.8. The minimum absolute atomic E-state index is 0.00114. The van der Waals surface area contributed by atoms with Crippen LogP contribution in [0, 0.1) is 0 Å². The molecule has 19 N–H and O–H groups in total. The first-order valence-corrected chi connectivity index (χ1v) is 22.4. The summed E-state index contributed by atoms with van der Waals surface area (Å²) >= 11 is 3.80. The van der Waals surface area contributed by atoms with Gasteiger partial charge in [-0.3, -0.25) is 57.9 Å². The van der Waals surface area contributed by atoms with Gasteiger partial charge < -0.3 is 80.0 Å². The highest BCUT2D eigenvalue weighted by molar-refractivity contribution is 7.80. The summed E-state index contributed by atoms with van der Waals surface area (Å²) in [6.07, 6.45) is -4.05. The molecule has 0 saturated heterocycles. The van der Waals surface area contributed by atoms with Gasteiger partial charge in [-0.15, -0.1) is 0 Å². The number of nitrogen functional groups attached to an aromatic ring is 1. The normalized spacial score (nSPS) is 13.2. The standard InChI is InChI=1S/C41H53N15O17S/c42-40(43)45-11-1-2-20(33(65)51-21(8-10-27(58)59)34(66)53-24(13-29(62)63)36(68)54-25(16-74)39(72)73)50-35(67)23(12-28(60)61)49-26(57)9-7-22(38(70)71)52-32(64)17-3-5-18(6-4-17)46-14-19-15-47-31-30(48-19)37(69)56-41(44)55-31/h3-6,15,20-25,46,74H,1-2,7-14,16H2,(H,49,57)(H,50,67)(H,51,65)(H,52,64)(H,53,66)(H,54,68)(H,58,59)(H,60,61)(H,62,63)(H,70,71)(H,72,73)(H4,42,43,45)(H3,44,47,55,56,69)/t20-,21-,22-,23-,24-,25-/m1/s1. The van der Waals surface area contributed by atoms with Gasteiger partial charge in [0.25, 0.3) is 11.5 Å². The highest BCUT2D eigenvalue weighted by atomic mass is 32.1. The molecule has 1 aromatic carbocycles. The predicted molar refractivity (Wildman–Crippen MR) is 257 cm³/mol. The zero-order valence-electron chi connectivity index (χ0n) is 38.7. The van der Waals surface area contributed by atoms with Crippen LogP contribution in [0.2, 0.25) is 0 Å². The first-order chi connectivity index (χ1) is 34.9. The SMILES string of the molecule is NC(N)=NCCC[C@@H](NC(=O)[C@@H](CC(=O)O)NC(=O)CC[C@@H](NC(=O)c1ccc(NCc2cnc3nc(N)[nH]c(=O)c3n2)cc1)C(=O)O)C(=O)N[C@H](CCC(=O)O)C(=O)N[C@H](CC(=O)O)C(=O)N[C@H](CS)C(=O)O. The number of nitrogens with one attached hydrogen (secondary N) is 8. The highest BCUT2D eigenvalue weighted by Gasteiger charge is 2.34. The van der Waals surface area contributed by atoms with Crippen molar-refractivity contribution < 1.29 is 78.3 Å². The maximum absolute atomic E-state index is 13.8. The van der Waals surface area contributed by atoms with Crippen LogP contribution in [0.5, 0.6) is 0 Å². The van der Waals surface area contributed by atoms with Crippen molar-refractivity contribution in [2.75, 3.05) is 23.3 Å². The Morgan fingerprint density at radius 1 is 0.649 bits per heavy atom. The van der Waals surface area contributed by atoms with E-state index in [9.17, 15) is 83.1 Å². The van der Waals surface area contributed by atoms with Gasteiger partial charge >= 0.3 is 29.8 Å². The molecule has 0 unspecified atom stereocenters. The largest absolute Gasteiger partial charge is 0.481 e. The Balaban J connectivity index is 1.72. The Bertz CT molecular complexity index is 2680. The van der Waals surface area contributed by atoms with Crippen molar-refractivity contribution in [3.63, 3.8) is 0 Å². The lowest BCUT2D eigenvalue weighted by atomic mass is 10.0. The monoisotopic (exact) mass is 1060 g/mol. The number of aliphatic imine (C=N–C) groups is 1. The van der Waals surface area contributed by atoms with E-state index in [-0.39, 0.29) is 54.6 Å². The molecule has 32 nitrogen and oxygen atoms in total. The minimum atomic E-state index is -1.97. The average Bonchev–Trinajstić information content (AvgIpc) is 3.32. The molecule has 0 spiro atoms. The summed E-state index contributed by atoms with van der Waals surface area (Å²) in [5.74, 6) is -15.9. The van der Waals surface area contributed by atoms with Crippen LogP contribution in [-0.2, 0) is 54.5 Å². The molecule has 3 rings (SSSR count). The number of amides is 6. The minimum Gasteiger partial charge on any atom is -0.481 e. The lowest BCUT2D eigenvalue weighted by Gasteiger charge is -2.26. The maximum atomic E-state index is 13.8. The molecule has 400 valence electrons. The average molecular weight is 1060 g/mol. The molecule has 0 fully saturated rings. The lowest BCUT2D eigenvalue weighted by Crippen LogP contribution is -2.59. The van der Waals surface area contributed by atoms with E-state index in [1.54, 1.807) is 0 Å². The Hall–Kier alpha value is -9.17. The van der Waals surface area contributed by atoms with Crippen molar-refractivity contribution in [1.82, 2.24) is 51.8 Å². The number of aliphatic carboxylic acids is 5. The molecule has 2 heterocycles. The Morgan fingerprint density at radius 2 is 1.18 bits per heavy atom. The van der Waals surface area contributed by atoms with Gasteiger partial charge in [0.2, 0.25) is 35.5 Å². The summed E-state index contributed by atoms with van der Waals surface area (Å²) in [4.78, 5) is 169. The van der Waals surface area contributed by atoms with E-state index >= 15 is 0 Å². The third kappa shape index (κ3) is 19.9. The van der Waals surface area contributed by atoms with Crippen LogP contribution in [-0.4, -0.2) is 165 Å². The van der Waals surface area contributed by atoms with E-state index in [0.29, 0.717) is 11.4 Å². The Morgan fingerprint density at radius 3 is 1.72 bits per heavy atom. The van der Waals surface area contributed by atoms with Crippen LogP contribution in [0.3, 0.4) is 0 Å². The smallest absolute Gasteiger partial charge is 0.327 e. The number of carboxylic acid groups (broad SMARTS) is 5. The number of H-pyrrole nitrogens is 1. The van der Waals surface area contributed by atoms with E-state index < -0.39 is 151 Å². The number of hydrogen-bond donors (Lipinski definition) is 17. The van der Waals surface area contributed by atoms with E-state index in [1.807, 2.05) is 10.6 Å². The van der Waals surface area contributed by atoms with E-state index in [0.717, 1.165) is 0 Å². The maximum Gasteiger partial charge on any atom is 0.327 e. The molecule has 6 amide bonds. The first-order valence-electron chi connectivity index (χ1n) is 21.8. The summed E-state index contributed by atoms with van der Waals surface area (Å²) in [6, 6.07) is -5.15. The fraction of sp³-hybridized carbons (Fsp3) is 0.415. The number of fused-ring (bicyclic) bond motifs is 1. The number of carboxylic acids is 5. The van der Waals surface area contributed by atoms with E-state index in [2.05, 4.69) is 64.1 Å². The molecule has 0 aliphatic carbocycles. The summed E-state index contributed by atoms with van der Waals surface area (Å²) < 4.78 is 0. The molecular formula is C41H53N15O17S. The number of hydrogen-bond acceptors (Lipinski definition) is 19. The number of aromatic amines is 1. The highest BCUT2D eigenvalue weighted by Crippen LogP contribution is 2.13. The predicted octanol–water partition coefficient (Wildman–Crippen LogP) is -4.82. The Labute approximate surface area is 421 Å². The number of nitrogens with zero attached hydrogens (tertiary/aromatic N) is 4. The van der Waals surface area contributed by atoms with Crippen LogP contribution in [0.25, 0.3) is 11.2 Å². The van der Waals surface area contributed by atoms with Gasteiger partial charge in [0, 0.05) is 36.4 Å². The number of nitrogens with two attached hydrogens (primary N) is 3. The number of benzene rings is 1. The fourth-order valence-corrected chi connectivity index (χ4v) is 6.63. The van der Waals surface area contributed by atoms with Gasteiger partial charge in [-0.2, -0.15) is 17.6 Å². The van der Waals surface area contributed by atoms with E-state index in [4.69, 9.17) is 17.2 Å². The summed E-state index contributed by atoms with van der Waals surface area (Å²) in [7, 11) is 0. The van der Waals surface area contributed by atoms with Crippen LogP contribution in [0.1, 0.15) is 67.4 Å². The topological polar surface area (TPSA) is 535 Å². The number of thiol groups is 1. The second kappa shape index (κ2) is 28.6. The summed E-state index contributed by atoms with van der Waals surface area (Å²) in [5.41, 5.74) is 16.5. The number of aromatic nitrogens is 4. The molecule has 74 heavy (non-hydrogen) atoms. The van der Waals surface area contributed by atoms with E-state index in [1.165, 1.54) is 30.5 Å². The summed E-state index contributed by atoms with van der Waals surface area (Å²) in [5, 5.41) is 63.4. The van der Waals surface area contributed by atoms with Crippen LogP contribution in [0.4, 0.5) is 11.6 Å². The van der Waals surface area contributed by atoms with Crippen molar-refractivity contribution in [2.45, 2.75) is 94.2 Å². The molecule has 0 bridgehead atoms. The number of guanidine groups is 1. The van der Waals surface area contributed by atoms with Crippen molar-refractivity contribution in [3.8, 4) is 0 Å². The molecule has 0 aliphatic rings. The van der Waals surface area contributed by atoms with Gasteiger partial charge in [0.1, 0.15) is 36.3 Å². The van der Waals surface area contributed by atoms with Gasteiger partial charge in [-0.05, 0) is 49.9 Å². The third-order valence-corrected chi connectivity index (χ3v) is 10.4. The molecular weight excluding hydrogens is 1010 g/mol. The van der Waals surface area contributed by atoms with Crippen molar-refractivity contribution in [2.24, 2.45) is 16.5 Å². The van der Waals surface area contributed by atoms with Gasteiger partial charge in [-0.25, -0.2) is 19.6 Å². The molecule has 0 radical (unpaired) electrons. The van der Waals surface area contributed by atoms with Gasteiger partial charge in [0.05, 0.1) is 31.3 Å². The Kier molecular flexibility index (Phi) is 22.9. The van der Waals surface area contributed by atoms with Crippen molar-refractivity contribution >= 4 is 107 Å². The van der Waals surface area contributed by atoms with Crippen molar-refractivity contribution in [3.05, 3.63) is 52.1 Å². The van der Waals surface area contributed by atoms with Crippen LogP contribution in [0.15, 0.2) is 40.2 Å². The zero-order chi connectivity index (χ0) is 55.2. The molecule has 3 aromatic rings. The third-order valence-electron chi connectivity index (χ3n) is 10.1. The molecule has 6 atom stereocenters. The molecule has 0 aliphatic heterocycles. The number of carbonyl (C=O) groups excluding carboxylic acids is 6. The molecule has 0 saturated carbocycles. The second-order valence-corrected chi connectivity index (χ2v) is 16.1. The van der Waals surface area contributed by atoms with Crippen molar-refractivity contribution in [1.29, 1.82) is 0 Å². The van der Waals surface area contributed by atoms with Crippen LogP contribution >= 0.6 is 12.6 Å². The first kappa shape index (κ1) is 59.1. The summed E-state index contributed by atoms with van der Waals surface area (Å²) in [6.45, 7) is -0.0618. The van der Waals surface area contributed by atoms with Gasteiger partial charge in [-0.1, -0.05) is 0 Å². The quantitative estimate of drug-likeness (QED) is 0.0124. The number of anilines is 2.